The van der Waals surface area contributed by atoms with Crippen molar-refractivity contribution in [1.82, 2.24) is 0 Å². The fourth-order valence-corrected chi connectivity index (χ4v) is 12.5. The van der Waals surface area contributed by atoms with Gasteiger partial charge in [0.2, 0.25) is 0 Å². The standard InChI is InChI=1S/C72H140O17P2/c1-7-9-11-13-15-17-18-19-20-21-22-23-24-25-26-27-29-38-44-50-56-71(76)88-67(61-83-70(75)55-49-43-37-32-30-34-40-46-52-64(3)4)62-86-90(78,79)84-58-66(73)59-85-91(80,81)87-63-68(60-82-69(74)54-48-42-36-28-16-14-12-10-8-2)89-72(77)57-51-45-39-33-31-35-41-47-53-65(5)6/h64-68,73H,7-63H2,1-6H3,(H,78,79)(H,80,81)/t66-,67-,68-/m1/s1. The molecule has 0 amide bonds. The molecule has 17 nitrogen and oxygen atoms in total. The molecule has 0 aromatic rings. The van der Waals surface area contributed by atoms with Crippen LogP contribution in [0.1, 0.15) is 369 Å². The molecule has 91 heavy (non-hydrogen) atoms. The lowest BCUT2D eigenvalue weighted by Gasteiger charge is -2.21. The largest absolute Gasteiger partial charge is 0.472 e. The van der Waals surface area contributed by atoms with Crippen LogP contribution in [0.3, 0.4) is 0 Å². The van der Waals surface area contributed by atoms with E-state index >= 15 is 0 Å². The van der Waals surface area contributed by atoms with Crippen LogP contribution < -0.4 is 0 Å². The number of unbranched alkanes of at least 4 members (excludes halogenated alkanes) is 41. The van der Waals surface area contributed by atoms with E-state index in [2.05, 4.69) is 41.5 Å². The monoisotopic (exact) mass is 1340 g/mol. The molecule has 0 saturated carbocycles. The van der Waals surface area contributed by atoms with Crippen LogP contribution in [0.25, 0.3) is 0 Å². The number of esters is 4. The summed E-state index contributed by atoms with van der Waals surface area (Å²) in [7, 11) is -9.90. The number of hydrogen-bond donors (Lipinski definition) is 3. The summed E-state index contributed by atoms with van der Waals surface area (Å²) in [6.45, 7) is 9.47. The van der Waals surface area contributed by atoms with Crippen molar-refractivity contribution in [3.8, 4) is 0 Å². The lowest BCUT2D eigenvalue weighted by atomic mass is 10.0. The van der Waals surface area contributed by atoms with Crippen molar-refractivity contribution in [2.75, 3.05) is 39.6 Å². The Morgan fingerprint density at radius 3 is 0.747 bits per heavy atom. The molecular weight excluding hydrogens is 1200 g/mol. The van der Waals surface area contributed by atoms with Gasteiger partial charge in [-0.2, -0.15) is 0 Å². The van der Waals surface area contributed by atoms with Crippen molar-refractivity contribution in [3.63, 3.8) is 0 Å². The van der Waals surface area contributed by atoms with E-state index in [0.717, 1.165) is 102 Å². The van der Waals surface area contributed by atoms with Gasteiger partial charge in [-0.05, 0) is 37.5 Å². The first-order valence-electron chi connectivity index (χ1n) is 37.5. The quantitative estimate of drug-likeness (QED) is 0.0222. The second-order valence-electron chi connectivity index (χ2n) is 26.9. The summed E-state index contributed by atoms with van der Waals surface area (Å²) in [5.41, 5.74) is 0. The second-order valence-corrected chi connectivity index (χ2v) is 29.8. The maximum Gasteiger partial charge on any atom is 0.472 e. The van der Waals surface area contributed by atoms with Crippen molar-refractivity contribution >= 4 is 39.5 Å². The normalized spacial score (nSPS) is 14.1. The van der Waals surface area contributed by atoms with Crippen molar-refractivity contribution < 1.29 is 80.2 Å². The van der Waals surface area contributed by atoms with Gasteiger partial charge in [-0.3, -0.25) is 37.3 Å². The van der Waals surface area contributed by atoms with Crippen LogP contribution in [0.2, 0.25) is 0 Å². The third-order valence-electron chi connectivity index (χ3n) is 16.7. The summed E-state index contributed by atoms with van der Waals surface area (Å²) in [5.74, 6) is -0.681. The van der Waals surface area contributed by atoms with Crippen molar-refractivity contribution in [1.29, 1.82) is 0 Å². The van der Waals surface area contributed by atoms with Crippen molar-refractivity contribution in [2.24, 2.45) is 11.8 Å². The van der Waals surface area contributed by atoms with Crippen LogP contribution in [0.5, 0.6) is 0 Å². The van der Waals surface area contributed by atoms with Gasteiger partial charge in [0, 0.05) is 25.7 Å². The Labute approximate surface area is 556 Å². The number of carbonyl (C=O) groups is 4. The zero-order valence-corrected chi connectivity index (χ0v) is 60.9. The maximum atomic E-state index is 13.0. The number of aliphatic hydroxyl groups excluding tert-OH is 1. The van der Waals surface area contributed by atoms with Gasteiger partial charge in [0.05, 0.1) is 26.4 Å². The predicted octanol–water partition coefficient (Wildman–Crippen LogP) is 20.8. The van der Waals surface area contributed by atoms with Gasteiger partial charge in [-0.1, -0.05) is 318 Å². The highest BCUT2D eigenvalue weighted by atomic mass is 31.2. The highest BCUT2D eigenvalue weighted by Crippen LogP contribution is 2.45. The molecule has 0 aliphatic rings. The molecule has 0 bridgehead atoms. The number of phosphoric acid groups is 2. The molecule has 5 atom stereocenters. The predicted molar refractivity (Wildman–Crippen MR) is 368 cm³/mol. The molecule has 0 aliphatic heterocycles. The Hall–Kier alpha value is -1.94. The zero-order chi connectivity index (χ0) is 67.2. The van der Waals surface area contributed by atoms with Gasteiger partial charge < -0.3 is 33.8 Å². The molecular formula is C72H140O17P2. The summed E-state index contributed by atoms with van der Waals surface area (Å²) in [6.07, 6.45) is 50.2. The van der Waals surface area contributed by atoms with Crippen LogP contribution in [-0.4, -0.2) is 96.7 Å². The van der Waals surface area contributed by atoms with E-state index in [-0.39, 0.29) is 25.7 Å². The molecule has 540 valence electrons. The average molecular weight is 1340 g/mol. The van der Waals surface area contributed by atoms with Crippen LogP contribution in [0.4, 0.5) is 0 Å². The van der Waals surface area contributed by atoms with E-state index in [9.17, 15) is 43.2 Å². The van der Waals surface area contributed by atoms with Gasteiger partial charge in [0.15, 0.2) is 12.2 Å². The van der Waals surface area contributed by atoms with E-state index in [1.54, 1.807) is 0 Å². The van der Waals surface area contributed by atoms with Crippen LogP contribution >= 0.6 is 15.6 Å². The minimum absolute atomic E-state index is 0.104. The molecule has 0 radical (unpaired) electrons. The molecule has 0 spiro atoms. The SMILES string of the molecule is CCCCCCCCCCCCCCCCCCCCCCC(=O)O[C@H](COC(=O)CCCCCCCCCCC(C)C)COP(=O)(O)OC[C@@H](O)COP(=O)(O)OC[C@@H](COC(=O)CCCCCCCCCCC)OC(=O)CCCCCCCCCCC(C)C. The Bertz CT molecular complexity index is 1770. The van der Waals surface area contributed by atoms with E-state index in [1.807, 2.05) is 0 Å². The molecule has 0 aromatic carbocycles. The van der Waals surface area contributed by atoms with Gasteiger partial charge in [-0.15, -0.1) is 0 Å². The molecule has 2 unspecified atom stereocenters. The molecule has 19 heteroatoms. The molecule has 0 aromatic heterocycles. The van der Waals surface area contributed by atoms with Crippen LogP contribution in [0.15, 0.2) is 0 Å². The van der Waals surface area contributed by atoms with Gasteiger partial charge in [0.1, 0.15) is 19.3 Å². The van der Waals surface area contributed by atoms with Crippen molar-refractivity contribution in [2.45, 2.75) is 387 Å². The Morgan fingerprint density at radius 1 is 0.297 bits per heavy atom. The first kappa shape index (κ1) is 89.1. The topological polar surface area (TPSA) is 237 Å². The highest BCUT2D eigenvalue weighted by Gasteiger charge is 2.30. The van der Waals surface area contributed by atoms with Gasteiger partial charge in [0.25, 0.3) is 0 Å². The van der Waals surface area contributed by atoms with Crippen LogP contribution in [-0.2, 0) is 65.4 Å². The average Bonchev–Trinajstić information content (AvgIpc) is 3.62. The van der Waals surface area contributed by atoms with Gasteiger partial charge in [-0.25, -0.2) is 9.13 Å². The summed E-state index contributed by atoms with van der Waals surface area (Å²) >= 11 is 0. The first-order chi connectivity index (χ1) is 43.9. The number of carbonyl (C=O) groups excluding carboxylic acids is 4. The summed E-state index contributed by atoms with van der Waals surface area (Å²) in [6, 6.07) is 0. The first-order valence-corrected chi connectivity index (χ1v) is 40.5. The number of hydrogen-bond acceptors (Lipinski definition) is 15. The molecule has 0 fully saturated rings. The summed E-state index contributed by atoms with van der Waals surface area (Å²) in [5, 5.41) is 10.6. The second kappa shape index (κ2) is 64.1. The minimum atomic E-state index is -4.95. The summed E-state index contributed by atoms with van der Waals surface area (Å²) in [4.78, 5) is 72.5. The third-order valence-corrected chi connectivity index (χ3v) is 18.6. The Morgan fingerprint density at radius 2 is 0.505 bits per heavy atom. The van der Waals surface area contributed by atoms with E-state index in [0.29, 0.717) is 25.7 Å². The number of ether oxygens (including phenoxy) is 4. The Balaban J connectivity index is 5.18. The number of aliphatic hydroxyl groups is 1. The minimum Gasteiger partial charge on any atom is -0.462 e. The molecule has 0 heterocycles. The molecule has 0 aliphatic carbocycles. The lowest BCUT2D eigenvalue weighted by Crippen LogP contribution is -2.30. The highest BCUT2D eigenvalue weighted by molar-refractivity contribution is 7.47. The fourth-order valence-electron chi connectivity index (χ4n) is 10.9. The number of phosphoric ester groups is 2. The van der Waals surface area contributed by atoms with E-state index in [1.165, 1.54) is 186 Å². The van der Waals surface area contributed by atoms with Gasteiger partial charge >= 0.3 is 39.5 Å². The van der Waals surface area contributed by atoms with E-state index in [4.69, 9.17) is 37.0 Å². The Kier molecular flexibility index (Phi) is 62.7. The van der Waals surface area contributed by atoms with Crippen LogP contribution in [0, 0.1) is 11.8 Å². The molecule has 0 saturated heterocycles. The summed E-state index contributed by atoms with van der Waals surface area (Å²) < 4.78 is 68.3. The number of rotatable bonds is 71. The zero-order valence-electron chi connectivity index (χ0n) is 59.1. The third kappa shape index (κ3) is 66.5. The fraction of sp³-hybridized carbons (Fsp3) is 0.944. The van der Waals surface area contributed by atoms with E-state index < -0.39 is 97.5 Å². The smallest absolute Gasteiger partial charge is 0.462 e. The molecule has 3 N–H and O–H groups in total. The maximum absolute atomic E-state index is 13.0. The van der Waals surface area contributed by atoms with Crippen molar-refractivity contribution in [3.05, 3.63) is 0 Å². The lowest BCUT2D eigenvalue weighted by molar-refractivity contribution is -0.161. The molecule has 0 rings (SSSR count).